The quantitative estimate of drug-likeness (QED) is 0.689. The van der Waals surface area contributed by atoms with E-state index >= 15 is 0 Å². The second kappa shape index (κ2) is 6.79. The van der Waals surface area contributed by atoms with Crippen molar-refractivity contribution in [1.82, 2.24) is 9.97 Å². The van der Waals surface area contributed by atoms with Crippen LogP contribution < -0.4 is 10.1 Å². The van der Waals surface area contributed by atoms with Gasteiger partial charge in [-0.3, -0.25) is 0 Å². The molecule has 0 bridgehead atoms. The molecule has 0 amide bonds. The van der Waals surface area contributed by atoms with Crippen molar-refractivity contribution in [3.63, 3.8) is 0 Å². The number of ether oxygens (including phenoxy) is 2. The molecule has 0 unspecified atom stereocenters. The highest BCUT2D eigenvalue weighted by Crippen LogP contribution is 2.30. The number of nitrogens with zero attached hydrogens (tertiary/aromatic N) is 3. The molecule has 1 aromatic carbocycles. The van der Waals surface area contributed by atoms with Crippen LogP contribution in [0.15, 0.2) is 48.8 Å². The molecule has 0 radical (unpaired) electrons. The van der Waals surface area contributed by atoms with E-state index in [2.05, 4.69) is 21.4 Å². The van der Waals surface area contributed by atoms with Gasteiger partial charge in [-0.25, -0.2) is 9.97 Å². The molecule has 0 saturated carbocycles. The predicted octanol–water partition coefficient (Wildman–Crippen LogP) is 3.95. The molecular formula is C19H15ClN4O2. The molecule has 0 aliphatic carbocycles. The number of fused-ring (bicyclic) bond motifs is 1. The van der Waals surface area contributed by atoms with Gasteiger partial charge in [0, 0.05) is 11.6 Å². The number of benzene rings is 1. The van der Waals surface area contributed by atoms with Crippen molar-refractivity contribution in [2.24, 2.45) is 5.41 Å². The van der Waals surface area contributed by atoms with E-state index in [-0.39, 0.29) is 0 Å². The first kappa shape index (κ1) is 16.6. The van der Waals surface area contributed by atoms with E-state index in [1.165, 1.54) is 0 Å². The monoisotopic (exact) mass is 366 g/mol. The van der Waals surface area contributed by atoms with E-state index in [4.69, 9.17) is 21.1 Å². The van der Waals surface area contributed by atoms with E-state index in [0.717, 1.165) is 22.3 Å². The molecule has 0 spiro atoms. The van der Waals surface area contributed by atoms with Gasteiger partial charge in [0.05, 0.1) is 31.2 Å². The third-order valence-corrected chi connectivity index (χ3v) is 4.46. The zero-order chi connectivity index (χ0) is 18.0. The molecule has 1 N–H and O–H groups in total. The number of hydrogen-bond donors (Lipinski definition) is 1. The molecule has 1 aliphatic rings. The fourth-order valence-corrected chi connectivity index (χ4v) is 2.79. The molecule has 6 nitrogen and oxygen atoms in total. The summed E-state index contributed by atoms with van der Waals surface area (Å²) in [6.45, 7) is 1.16. The standard InChI is InChI=1S/C19H15ClN4O2/c20-17-4-1-14(8-23-17)24-18-16-3-2-15(7-13(16)5-6-22-18)26-12-19(9-21)10-25-11-19/h1-8H,10-12H2,(H,22,24). The highest BCUT2D eigenvalue weighted by Gasteiger charge is 2.40. The lowest BCUT2D eigenvalue weighted by molar-refractivity contribution is -0.0962. The van der Waals surface area contributed by atoms with Crippen LogP contribution in [0.3, 0.4) is 0 Å². The zero-order valence-corrected chi connectivity index (χ0v) is 14.5. The molecule has 1 saturated heterocycles. The Morgan fingerprint density at radius 3 is 2.81 bits per heavy atom. The molecular weight excluding hydrogens is 352 g/mol. The predicted molar refractivity (Wildman–Crippen MR) is 98.6 cm³/mol. The molecule has 3 aromatic rings. The lowest BCUT2D eigenvalue weighted by Crippen LogP contribution is -2.45. The van der Waals surface area contributed by atoms with Gasteiger partial charge < -0.3 is 14.8 Å². The number of aromatic nitrogens is 2. The third kappa shape index (κ3) is 3.27. The Kier molecular flexibility index (Phi) is 4.33. The molecule has 2 aromatic heterocycles. The minimum absolute atomic E-state index is 0.321. The van der Waals surface area contributed by atoms with E-state index in [0.29, 0.717) is 30.7 Å². The third-order valence-electron chi connectivity index (χ3n) is 4.24. The van der Waals surface area contributed by atoms with Gasteiger partial charge in [-0.05, 0) is 41.8 Å². The zero-order valence-electron chi connectivity index (χ0n) is 13.8. The average Bonchev–Trinajstić information content (AvgIpc) is 2.63. The summed E-state index contributed by atoms with van der Waals surface area (Å²) in [4.78, 5) is 8.46. The van der Waals surface area contributed by atoms with Crippen molar-refractivity contribution in [3.05, 3.63) is 53.9 Å². The molecule has 4 rings (SSSR count). The van der Waals surface area contributed by atoms with Crippen molar-refractivity contribution in [3.8, 4) is 11.8 Å². The number of pyridine rings is 2. The highest BCUT2D eigenvalue weighted by molar-refractivity contribution is 6.29. The second-order valence-electron chi connectivity index (χ2n) is 6.21. The number of nitriles is 1. The maximum Gasteiger partial charge on any atom is 0.138 e. The second-order valence-corrected chi connectivity index (χ2v) is 6.60. The smallest absolute Gasteiger partial charge is 0.138 e. The Morgan fingerprint density at radius 2 is 2.12 bits per heavy atom. The Balaban J connectivity index is 1.55. The van der Waals surface area contributed by atoms with E-state index < -0.39 is 5.41 Å². The van der Waals surface area contributed by atoms with Crippen LogP contribution in [0.25, 0.3) is 10.8 Å². The number of nitrogens with one attached hydrogen (secondary N) is 1. The number of halogens is 1. The van der Waals surface area contributed by atoms with Gasteiger partial charge in [0.2, 0.25) is 0 Å². The summed E-state index contributed by atoms with van der Waals surface area (Å²) in [6, 6.07) is 13.5. The first-order valence-electron chi connectivity index (χ1n) is 8.07. The number of rotatable bonds is 5. The van der Waals surface area contributed by atoms with Crippen LogP contribution >= 0.6 is 11.6 Å². The summed E-state index contributed by atoms with van der Waals surface area (Å²) in [5, 5.41) is 14.9. The minimum Gasteiger partial charge on any atom is -0.492 e. The summed E-state index contributed by atoms with van der Waals surface area (Å²) < 4.78 is 11.0. The highest BCUT2D eigenvalue weighted by atomic mass is 35.5. The molecule has 130 valence electrons. The van der Waals surface area contributed by atoms with Gasteiger partial charge in [-0.1, -0.05) is 11.6 Å². The van der Waals surface area contributed by atoms with Crippen LogP contribution in [0.2, 0.25) is 5.15 Å². The Hall–Kier alpha value is -2.88. The average molecular weight is 367 g/mol. The molecule has 26 heavy (non-hydrogen) atoms. The number of anilines is 2. The van der Waals surface area contributed by atoms with Crippen molar-refractivity contribution >= 4 is 33.9 Å². The lowest BCUT2D eigenvalue weighted by atomic mass is 9.89. The van der Waals surface area contributed by atoms with Crippen molar-refractivity contribution < 1.29 is 9.47 Å². The van der Waals surface area contributed by atoms with Gasteiger partial charge in [0.15, 0.2) is 0 Å². The lowest BCUT2D eigenvalue weighted by Gasteiger charge is -2.34. The van der Waals surface area contributed by atoms with Crippen LogP contribution in [0, 0.1) is 16.7 Å². The van der Waals surface area contributed by atoms with Crippen LogP contribution in [0.1, 0.15) is 0 Å². The van der Waals surface area contributed by atoms with Gasteiger partial charge in [-0.15, -0.1) is 0 Å². The maximum absolute atomic E-state index is 9.24. The Morgan fingerprint density at radius 1 is 1.23 bits per heavy atom. The number of hydrogen-bond acceptors (Lipinski definition) is 6. The van der Waals surface area contributed by atoms with E-state index in [1.54, 1.807) is 18.5 Å². The molecule has 0 atom stereocenters. The summed E-state index contributed by atoms with van der Waals surface area (Å²) >= 11 is 5.82. The SMILES string of the molecule is N#CC1(COc2ccc3c(Nc4ccc(Cl)nc4)nccc3c2)COC1. The van der Waals surface area contributed by atoms with E-state index in [9.17, 15) is 5.26 Å². The molecule has 3 heterocycles. The Bertz CT molecular complexity index is 981. The largest absolute Gasteiger partial charge is 0.492 e. The fourth-order valence-electron chi connectivity index (χ4n) is 2.68. The van der Waals surface area contributed by atoms with Crippen LogP contribution in [0.4, 0.5) is 11.5 Å². The molecule has 7 heteroatoms. The summed E-state index contributed by atoms with van der Waals surface area (Å²) in [7, 11) is 0. The first-order valence-corrected chi connectivity index (χ1v) is 8.44. The van der Waals surface area contributed by atoms with Gasteiger partial charge in [0.25, 0.3) is 0 Å². The van der Waals surface area contributed by atoms with Crippen LogP contribution in [0.5, 0.6) is 5.75 Å². The summed E-state index contributed by atoms with van der Waals surface area (Å²) in [5.74, 6) is 1.43. The fraction of sp³-hybridized carbons (Fsp3) is 0.211. The van der Waals surface area contributed by atoms with Crippen molar-refractivity contribution in [2.45, 2.75) is 0 Å². The van der Waals surface area contributed by atoms with Gasteiger partial charge in [-0.2, -0.15) is 5.26 Å². The summed E-state index contributed by atoms with van der Waals surface area (Å²) in [6.07, 6.45) is 3.39. The van der Waals surface area contributed by atoms with Gasteiger partial charge >= 0.3 is 0 Å². The minimum atomic E-state index is -0.526. The Labute approximate surface area is 155 Å². The summed E-state index contributed by atoms with van der Waals surface area (Å²) in [5.41, 5.74) is 0.275. The van der Waals surface area contributed by atoms with Gasteiger partial charge in [0.1, 0.15) is 28.7 Å². The molecule has 1 aliphatic heterocycles. The van der Waals surface area contributed by atoms with E-state index in [1.807, 2.05) is 30.3 Å². The van der Waals surface area contributed by atoms with Crippen molar-refractivity contribution in [1.29, 1.82) is 5.26 Å². The molecule has 1 fully saturated rings. The topological polar surface area (TPSA) is 80.1 Å². The first-order chi connectivity index (χ1) is 12.7. The van der Waals surface area contributed by atoms with Crippen LogP contribution in [-0.2, 0) is 4.74 Å². The normalized spacial score (nSPS) is 15.1. The van der Waals surface area contributed by atoms with Crippen LogP contribution in [-0.4, -0.2) is 29.8 Å². The maximum atomic E-state index is 9.24. The van der Waals surface area contributed by atoms with Crippen molar-refractivity contribution in [2.75, 3.05) is 25.1 Å².